The first-order valence-corrected chi connectivity index (χ1v) is 5.07. The van der Waals surface area contributed by atoms with Gasteiger partial charge in [-0.1, -0.05) is 24.3 Å². The van der Waals surface area contributed by atoms with Crippen molar-refractivity contribution in [1.29, 1.82) is 0 Å². The third-order valence-electron chi connectivity index (χ3n) is 3.52. The van der Waals surface area contributed by atoms with E-state index in [0.29, 0.717) is 0 Å². The summed E-state index contributed by atoms with van der Waals surface area (Å²) in [5.41, 5.74) is 4.44. The van der Waals surface area contributed by atoms with Crippen molar-refractivity contribution in [2.24, 2.45) is 5.92 Å². The molecule has 2 aliphatic carbocycles. The van der Waals surface area contributed by atoms with Crippen LogP contribution in [0.15, 0.2) is 35.6 Å². The molecule has 0 aromatic heterocycles. The van der Waals surface area contributed by atoms with Crippen LogP contribution >= 0.6 is 0 Å². The topological polar surface area (TPSA) is 3.24 Å². The van der Waals surface area contributed by atoms with E-state index >= 15 is 0 Å². The highest BCUT2D eigenvalue weighted by Gasteiger charge is 2.50. The Kier molecular flexibility index (Phi) is 1.30. The highest BCUT2D eigenvalue weighted by molar-refractivity contribution is 5.46. The number of allylic oxidation sites excluding steroid dienone is 4. The summed E-state index contributed by atoms with van der Waals surface area (Å²) >= 11 is 0. The molecule has 2 fully saturated rings. The fraction of sp³-hybridized carbons (Fsp3) is 0.500. The predicted molar refractivity (Wildman–Crippen MR) is 54.2 cm³/mol. The van der Waals surface area contributed by atoms with E-state index in [1.54, 1.807) is 5.57 Å². The maximum Gasteiger partial charge on any atom is 0.0363 e. The molecule has 0 amide bonds. The third kappa shape index (κ3) is 0.932. The maximum absolute atomic E-state index is 4.06. The molecule has 3 rings (SSSR count). The van der Waals surface area contributed by atoms with Gasteiger partial charge in [0.15, 0.2) is 0 Å². The third-order valence-corrected chi connectivity index (χ3v) is 3.52. The van der Waals surface area contributed by atoms with Gasteiger partial charge >= 0.3 is 0 Å². The van der Waals surface area contributed by atoms with Crippen LogP contribution in [0.2, 0.25) is 0 Å². The molecule has 1 nitrogen and oxygen atoms in total. The van der Waals surface area contributed by atoms with Gasteiger partial charge in [-0.3, -0.25) is 0 Å². The molecule has 0 N–H and O–H groups in total. The molecule has 0 spiro atoms. The summed E-state index contributed by atoms with van der Waals surface area (Å²) in [7, 11) is 2.23. The van der Waals surface area contributed by atoms with Gasteiger partial charge in [0.1, 0.15) is 0 Å². The quantitative estimate of drug-likeness (QED) is 0.509. The van der Waals surface area contributed by atoms with E-state index in [1.165, 1.54) is 17.7 Å². The van der Waals surface area contributed by atoms with Crippen molar-refractivity contribution in [3.05, 3.63) is 35.6 Å². The van der Waals surface area contributed by atoms with E-state index in [1.807, 2.05) is 0 Å². The molecule has 0 radical (unpaired) electrons. The Hall–Kier alpha value is -0.980. The molecule has 1 saturated carbocycles. The van der Waals surface area contributed by atoms with Crippen LogP contribution in [0.5, 0.6) is 0 Å². The SMILES string of the molecule is C=C1CC=C2C(=CC1)N(C)C1CC21. The first-order valence-electron chi connectivity index (χ1n) is 5.07. The summed E-state index contributed by atoms with van der Waals surface area (Å²) in [4.78, 5) is 2.45. The second kappa shape index (κ2) is 2.28. The van der Waals surface area contributed by atoms with Crippen LogP contribution in [0.3, 0.4) is 0 Å². The molecule has 68 valence electrons. The van der Waals surface area contributed by atoms with Crippen molar-refractivity contribution in [2.45, 2.75) is 25.3 Å². The van der Waals surface area contributed by atoms with Gasteiger partial charge in [-0.15, -0.1) is 0 Å². The van der Waals surface area contributed by atoms with Gasteiger partial charge in [0, 0.05) is 24.7 Å². The maximum atomic E-state index is 4.06. The average molecular weight is 173 g/mol. The molecule has 1 saturated heterocycles. The van der Waals surface area contributed by atoms with Crippen LogP contribution in [0.25, 0.3) is 0 Å². The molecular formula is C12H15N. The minimum absolute atomic E-state index is 0.837. The van der Waals surface area contributed by atoms with Crippen molar-refractivity contribution in [2.75, 3.05) is 7.05 Å². The van der Waals surface area contributed by atoms with E-state index in [4.69, 9.17) is 0 Å². The summed E-state index contributed by atoms with van der Waals surface area (Å²) in [6.45, 7) is 4.06. The molecule has 3 aliphatic rings. The highest BCUT2D eigenvalue weighted by atomic mass is 15.2. The van der Waals surface area contributed by atoms with E-state index < -0.39 is 0 Å². The van der Waals surface area contributed by atoms with Crippen LogP contribution in [-0.4, -0.2) is 18.0 Å². The minimum atomic E-state index is 0.837. The molecule has 0 aromatic carbocycles. The van der Waals surface area contributed by atoms with Gasteiger partial charge in [-0.2, -0.15) is 0 Å². The van der Waals surface area contributed by atoms with E-state index in [-0.39, 0.29) is 0 Å². The number of hydrogen-bond donors (Lipinski definition) is 0. The fourth-order valence-corrected chi connectivity index (χ4v) is 2.61. The summed E-state index contributed by atoms with van der Waals surface area (Å²) in [5, 5.41) is 0. The standard InChI is InChI=1S/C12H15N/c1-8-3-5-9-10-7-12(10)13(2)11(9)6-4-8/h5-6,10,12H,1,3-4,7H2,2H3. The highest BCUT2D eigenvalue weighted by Crippen LogP contribution is 2.53. The van der Waals surface area contributed by atoms with Crippen LogP contribution in [0, 0.1) is 5.92 Å². The summed E-state index contributed by atoms with van der Waals surface area (Å²) in [6, 6.07) is 0.837. The normalized spacial score (nSPS) is 36.1. The lowest BCUT2D eigenvalue weighted by atomic mass is 10.1. The average Bonchev–Trinajstić information content (AvgIpc) is 2.84. The number of rotatable bonds is 0. The number of hydrogen-bond acceptors (Lipinski definition) is 1. The van der Waals surface area contributed by atoms with Crippen molar-refractivity contribution < 1.29 is 0 Å². The fourth-order valence-electron chi connectivity index (χ4n) is 2.61. The van der Waals surface area contributed by atoms with Crippen LogP contribution < -0.4 is 0 Å². The van der Waals surface area contributed by atoms with Crippen LogP contribution in [-0.2, 0) is 0 Å². The van der Waals surface area contributed by atoms with Crippen molar-refractivity contribution in [3.63, 3.8) is 0 Å². The van der Waals surface area contributed by atoms with Gasteiger partial charge in [0.25, 0.3) is 0 Å². The molecule has 13 heavy (non-hydrogen) atoms. The molecular weight excluding hydrogens is 158 g/mol. The van der Waals surface area contributed by atoms with E-state index in [9.17, 15) is 0 Å². The molecule has 0 aromatic rings. The van der Waals surface area contributed by atoms with Crippen LogP contribution in [0.4, 0.5) is 0 Å². The van der Waals surface area contributed by atoms with Gasteiger partial charge in [0.2, 0.25) is 0 Å². The minimum Gasteiger partial charge on any atom is -0.371 e. The molecule has 0 bridgehead atoms. The zero-order valence-corrected chi connectivity index (χ0v) is 8.09. The van der Waals surface area contributed by atoms with Gasteiger partial charge in [0.05, 0.1) is 0 Å². The Morgan fingerprint density at radius 1 is 1.38 bits per heavy atom. The van der Waals surface area contributed by atoms with Crippen molar-refractivity contribution in [3.8, 4) is 0 Å². The Labute approximate surface area is 79.4 Å². The summed E-state index contributed by atoms with van der Waals surface area (Å²) < 4.78 is 0. The molecule has 1 aliphatic heterocycles. The first kappa shape index (κ1) is 7.43. The lowest BCUT2D eigenvalue weighted by molar-refractivity contribution is 0.438. The Morgan fingerprint density at radius 3 is 3.00 bits per heavy atom. The second-order valence-corrected chi connectivity index (χ2v) is 4.43. The molecule has 1 heteroatoms. The zero-order chi connectivity index (χ0) is 9.00. The number of likely N-dealkylation sites (N-methyl/N-ethyl adjacent to an activating group) is 1. The zero-order valence-electron chi connectivity index (χ0n) is 8.09. The smallest absolute Gasteiger partial charge is 0.0363 e. The Bertz CT molecular complexity index is 319. The van der Waals surface area contributed by atoms with Crippen LogP contribution in [0.1, 0.15) is 19.3 Å². The first-order chi connectivity index (χ1) is 6.27. The second-order valence-electron chi connectivity index (χ2n) is 4.43. The lowest BCUT2D eigenvalue weighted by Crippen LogP contribution is -2.15. The summed E-state index contributed by atoms with van der Waals surface area (Å²) in [6.07, 6.45) is 8.29. The Balaban J connectivity index is 2.03. The van der Waals surface area contributed by atoms with E-state index in [2.05, 4.69) is 30.7 Å². The number of nitrogens with zero attached hydrogens (tertiary/aromatic N) is 1. The van der Waals surface area contributed by atoms with Gasteiger partial charge < -0.3 is 4.90 Å². The molecule has 1 heterocycles. The van der Waals surface area contributed by atoms with Crippen molar-refractivity contribution >= 4 is 0 Å². The van der Waals surface area contributed by atoms with Gasteiger partial charge in [-0.05, 0) is 24.8 Å². The predicted octanol–water partition coefficient (Wildman–Crippen LogP) is 2.48. The summed E-state index contributed by atoms with van der Waals surface area (Å²) in [5.74, 6) is 0.863. The van der Waals surface area contributed by atoms with Crippen molar-refractivity contribution in [1.82, 2.24) is 4.90 Å². The molecule has 2 unspecified atom stereocenters. The number of fused-ring (bicyclic) bond motifs is 3. The Morgan fingerprint density at radius 2 is 2.15 bits per heavy atom. The lowest BCUT2D eigenvalue weighted by Gasteiger charge is -2.16. The van der Waals surface area contributed by atoms with E-state index in [0.717, 1.165) is 24.8 Å². The number of likely N-dealkylation sites (tertiary alicyclic amines) is 1. The number of piperidine rings is 1. The van der Waals surface area contributed by atoms with Gasteiger partial charge in [-0.25, -0.2) is 0 Å². The largest absolute Gasteiger partial charge is 0.371 e. The molecule has 2 atom stereocenters. The monoisotopic (exact) mass is 173 g/mol.